The van der Waals surface area contributed by atoms with Crippen molar-refractivity contribution in [2.24, 2.45) is 0 Å². The van der Waals surface area contributed by atoms with Crippen molar-refractivity contribution in [1.82, 2.24) is 9.55 Å². The van der Waals surface area contributed by atoms with E-state index in [1.54, 1.807) is 6.92 Å². The van der Waals surface area contributed by atoms with Gasteiger partial charge in [-0.2, -0.15) is 0 Å². The molecule has 0 aliphatic carbocycles. The Morgan fingerprint density at radius 1 is 0.923 bits per heavy atom. The lowest BCUT2D eigenvalue weighted by molar-refractivity contribution is 0.0522. The van der Waals surface area contributed by atoms with E-state index in [-0.39, 0.29) is 12.6 Å². The summed E-state index contributed by atoms with van der Waals surface area (Å²) in [5, 5.41) is 0.666. The molecule has 206 valence electrons. The maximum Gasteiger partial charge on any atom is 0.338 e. The van der Waals surface area contributed by atoms with E-state index in [0.717, 1.165) is 64.1 Å². The first kappa shape index (κ1) is 28.5. The van der Waals surface area contributed by atoms with Gasteiger partial charge in [0.05, 0.1) is 36.4 Å². The Morgan fingerprint density at radius 3 is 2.49 bits per heavy atom. The molecule has 0 unspecified atom stereocenters. The third-order valence-corrected chi connectivity index (χ3v) is 7.16. The lowest BCUT2D eigenvalue weighted by Crippen LogP contribution is -2.12. The number of ether oxygens (including phenoxy) is 3. The van der Waals surface area contributed by atoms with Crippen LogP contribution in [0.15, 0.2) is 48.5 Å². The second-order valence-corrected chi connectivity index (χ2v) is 10.2. The first-order chi connectivity index (χ1) is 18.8. The van der Waals surface area contributed by atoms with E-state index in [4.69, 9.17) is 30.8 Å². The van der Waals surface area contributed by atoms with Crippen LogP contribution in [0.5, 0.6) is 11.5 Å². The highest BCUT2D eigenvalue weighted by molar-refractivity contribution is 6.31. The highest BCUT2D eigenvalue weighted by Gasteiger charge is 2.17. The van der Waals surface area contributed by atoms with Crippen LogP contribution in [0.25, 0.3) is 11.0 Å². The zero-order chi connectivity index (χ0) is 27.9. The van der Waals surface area contributed by atoms with E-state index in [0.29, 0.717) is 36.1 Å². The van der Waals surface area contributed by atoms with Gasteiger partial charge in [0.25, 0.3) is 0 Å². The molecule has 3 aromatic carbocycles. The zero-order valence-electron chi connectivity index (χ0n) is 23.5. The Hall–Kier alpha value is -3.51. The maximum absolute atomic E-state index is 12.6. The van der Waals surface area contributed by atoms with Crippen molar-refractivity contribution in [3.63, 3.8) is 0 Å². The number of halogens is 1. The van der Waals surface area contributed by atoms with Gasteiger partial charge in [-0.25, -0.2) is 9.78 Å². The number of hydrogen-bond acceptors (Lipinski definition) is 5. The minimum Gasteiger partial charge on any atom is -0.494 e. The summed E-state index contributed by atoms with van der Waals surface area (Å²) in [5.41, 5.74) is 6.11. The molecule has 0 amide bonds. The van der Waals surface area contributed by atoms with Crippen molar-refractivity contribution in [3.8, 4) is 11.5 Å². The zero-order valence-corrected chi connectivity index (χ0v) is 24.2. The highest BCUT2D eigenvalue weighted by atomic mass is 35.5. The van der Waals surface area contributed by atoms with Crippen LogP contribution in [0.4, 0.5) is 0 Å². The number of carbonyl (C=O) groups is 1. The molecule has 4 aromatic rings. The SMILES string of the molecule is CCCCCOc1ccc(Cn2c(C)nc3c(C)cc(OCc4cccc(C)c4C(=O)OCC)cc32)c(Cl)c1. The average Bonchev–Trinajstić information content (AvgIpc) is 3.22. The number of imidazole rings is 1. The number of rotatable bonds is 12. The number of benzene rings is 3. The second-order valence-electron chi connectivity index (χ2n) is 9.78. The molecule has 0 radical (unpaired) electrons. The van der Waals surface area contributed by atoms with Gasteiger partial charge in [-0.05, 0) is 69.0 Å². The van der Waals surface area contributed by atoms with Crippen LogP contribution in [-0.2, 0) is 17.9 Å². The lowest BCUT2D eigenvalue weighted by atomic mass is 10.0. The van der Waals surface area contributed by atoms with Gasteiger partial charge in [-0.1, -0.05) is 55.6 Å². The van der Waals surface area contributed by atoms with Gasteiger partial charge in [-0.15, -0.1) is 0 Å². The van der Waals surface area contributed by atoms with Gasteiger partial charge in [-0.3, -0.25) is 0 Å². The van der Waals surface area contributed by atoms with E-state index in [2.05, 4.69) is 11.5 Å². The smallest absolute Gasteiger partial charge is 0.338 e. The quantitative estimate of drug-likeness (QED) is 0.133. The Kier molecular flexibility index (Phi) is 9.52. The molecule has 0 fully saturated rings. The fourth-order valence-corrected chi connectivity index (χ4v) is 4.95. The minimum absolute atomic E-state index is 0.249. The summed E-state index contributed by atoms with van der Waals surface area (Å²) in [7, 11) is 0. The molecule has 6 nitrogen and oxygen atoms in total. The number of nitrogens with zero attached hydrogens (tertiary/aromatic N) is 2. The molecule has 0 aliphatic rings. The Labute approximate surface area is 235 Å². The number of carbonyl (C=O) groups excluding carboxylic acids is 1. The summed E-state index contributed by atoms with van der Waals surface area (Å²) in [5.74, 6) is 2.06. The largest absolute Gasteiger partial charge is 0.494 e. The molecule has 0 atom stereocenters. The van der Waals surface area contributed by atoms with E-state index in [1.807, 2.05) is 69.3 Å². The number of unbranched alkanes of at least 4 members (excludes halogenated alkanes) is 2. The molecular weight excluding hydrogens is 512 g/mol. The van der Waals surface area contributed by atoms with Crippen LogP contribution in [0.3, 0.4) is 0 Å². The molecule has 0 aliphatic heterocycles. The monoisotopic (exact) mass is 548 g/mol. The van der Waals surface area contributed by atoms with Crippen molar-refractivity contribution in [3.05, 3.63) is 87.2 Å². The molecule has 0 bridgehead atoms. The molecule has 4 rings (SSSR count). The van der Waals surface area contributed by atoms with Crippen molar-refractivity contribution in [2.45, 2.75) is 67.0 Å². The van der Waals surface area contributed by atoms with Crippen LogP contribution in [0.1, 0.15) is 71.5 Å². The van der Waals surface area contributed by atoms with Gasteiger partial charge in [0, 0.05) is 16.7 Å². The number of fused-ring (bicyclic) bond motifs is 1. The first-order valence-corrected chi connectivity index (χ1v) is 14.0. The molecule has 1 heterocycles. The maximum atomic E-state index is 12.6. The molecule has 1 aromatic heterocycles. The molecule has 0 saturated carbocycles. The van der Waals surface area contributed by atoms with Crippen molar-refractivity contribution in [1.29, 1.82) is 0 Å². The number of hydrogen-bond donors (Lipinski definition) is 0. The Balaban J connectivity index is 1.57. The van der Waals surface area contributed by atoms with Gasteiger partial charge < -0.3 is 18.8 Å². The number of aryl methyl sites for hydroxylation is 3. The van der Waals surface area contributed by atoms with Gasteiger partial charge in [0.2, 0.25) is 0 Å². The minimum atomic E-state index is -0.330. The van der Waals surface area contributed by atoms with Gasteiger partial charge in [0.15, 0.2) is 0 Å². The van der Waals surface area contributed by atoms with Crippen LogP contribution in [-0.4, -0.2) is 28.7 Å². The molecule has 0 saturated heterocycles. The molecule has 0 spiro atoms. The van der Waals surface area contributed by atoms with E-state index < -0.39 is 0 Å². The predicted molar refractivity (Wildman–Crippen MR) is 156 cm³/mol. The fraction of sp³-hybridized carbons (Fsp3) is 0.375. The third-order valence-electron chi connectivity index (χ3n) is 6.81. The van der Waals surface area contributed by atoms with Crippen molar-refractivity contribution in [2.75, 3.05) is 13.2 Å². The van der Waals surface area contributed by atoms with E-state index in [1.165, 1.54) is 0 Å². The summed E-state index contributed by atoms with van der Waals surface area (Å²) < 4.78 is 19.5. The molecular formula is C32H37ClN2O4. The topological polar surface area (TPSA) is 62.6 Å². The van der Waals surface area contributed by atoms with Gasteiger partial charge >= 0.3 is 5.97 Å². The van der Waals surface area contributed by atoms with E-state index >= 15 is 0 Å². The molecule has 0 N–H and O–H groups in total. The van der Waals surface area contributed by atoms with Crippen LogP contribution < -0.4 is 9.47 Å². The number of aromatic nitrogens is 2. The van der Waals surface area contributed by atoms with Crippen LogP contribution in [0.2, 0.25) is 5.02 Å². The number of esters is 1. The summed E-state index contributed by atoms with van der Waals surface area (Å²) in [6, 6.07) is 15.6. The predicted octanol–water partition coefficient (Wildman–Crippen LogP) is 7.99. The third kappa shape index (κ3) is 6.74. The van der Waals surface area contributed by atoms with E-state index in [9.17, 15) is 4.79 Å². The van der Waals surface area contributed by atoms with Gasteiger partial charge in [0.1, 0.15) is 23.9 Å². The van der Waals surface area contributed by atoms with Crippen molar-refractivity contribution >= 4 is 28.6 Å². The molecule has 7 heteroatoms. The molecule has 39 heavy (non-hydrogen) atoms. The standard InChI is InChI=1S/C32H37ClN2O4/c1-6-8-9-15-38-26-14-13-24(28(33)17-26)19-35-23(5)34-31-22(4)16-27(18-29(31)35)39-20-25-12-10-11-21(3)30(25)32(36)37-7-2/h10-14,16-18H,6-9,15,19-20H2,1-5H3. The Morgan fingerprint density at radius 2 is 1.74 bits per heavy atom. The summed E-state index contributed by atoms with van der Waals surface area (Å²) in [4.78, 5) is 17.4. The van der Waals surface area contributed by atoms with Crippen LogP contribution in [0, 0.1) is 20.8 Å². The summed E-state index contributed by atoms with van der Waals surface area (Å²) >= 11 is 6.67. The fourth-order valence-electron chi connectivity index (χ4n) is 4.72. The summed E-state index contributed by atoms with van der Waals surface area (Å²) in [6.07, 6.45) is 3.35. The first-order valence-electron chi connectivity index (χ1n) is 13.6. The Bertz CT molecular complexity index is 1460. The average molecular weight is 549 g/mol. The normalized spacial score (nSPS) is 11.1. The highest BCUT2D eigenvalue weighted by Crippen LogP contribution is 2.30. The second kappa shape index (κ2) is 13.0. The van der Waals surface area contributed by atoms with Crippen molar-refractivity contribution < 1.29 is 19.0 Å². The lowest BCUT2D eigenvalue weighted by Gasteiger charge is -2.14. The van der Waals surface area contributed by atoms with Crippen LogP contribution >= 0.6 is 11.6 Å². The summed E-state index contributed by atoms with van der Waals surface area (Å²) in [6.45, 7) is 11.8.